The van der Waals surface area contributed by atoms with E-state index in [0.717, 1.165) is 28.1 Å². The van der Waals surface area contributed by atoms with E-state index in [1.807, 2.05) is 42.5 Å². The first-order valence-electron chi connectivity index (χ1n) is 13.9. The monoisotopic (exact) mass is 662 g/mol. The topological polar surface area (TPSA) is 196 Å². The number of hydrogen-bond acceptors (Lipinski definition) is 7. The van der Waals surface area contributed by atoms with E-state index in [4.69, 9.17) is 5.73 Å². The van der Waals surface area contributed by atoms with Gasteiger partial charge in [0.25, 0.3) is 0 Å². The number of amides is 3. The largest absolute Gasteiger partial charge is 0.368 e. The number of carbonyl (C=O) groups excluding carboxylic acids is 3. The van der Waals surface area contributed by atoms with E-state index >= 15 is 0 Å². The van der Waals surface area contributed by atoms with Gasteiger partial charge in [0.05, 0.1) is 10.4 Å². The first-order valence-corrected chi connectivity index (χ1v) is 18.4. The van der Waals surface area contributed by atoms with E-state index in [1.165, 1.54) is 29.2 Å². The molecule has 15 heteroatoms. The number of fused-ring (bicyclic) bond motifs is 1. The molecule has 4 rings (SSSR count). The minimum Gasteiger partial charge on any atom is -0.368 e. The number of sulfonamides is 1. The zero-order valence-electron chi connectivity index (χ0n) is 23.7. The van der Waals surface area contributed by atoms with Crippen molar-refractivity contribution < 1.29 is 37.2 Å². The third-order valence-electron chi connectivity index (χ3n) is 7.20. The molecule has 236 valence electrons. The normalized spacial score (nSPS) is 17.1. The van der Waals surface area contributed by atoms with Crippen LogP contribution in [0.25, 0.3) is 10.8 Å². The Morgan fingerprint density at radius 2 is 1.66 bits per heavy atom. The summed E-state index contributed by atoms with van der Waals surface area (Å²) in [6.45, 7) is 0.148. The number of carbonyl (C=O) groups is 3. The van der Waals surface area contributed by atoms with Gasteiger partial charge in [-0.3, -0.25) is 18.9 Å². The molecule has 6 N–H and O–H groups in total. The average molecular weight is 663 g/mol. The minimum atomic E-state index is -4.44. The molecular weight excluding hydrogens is 627 g/mol. The summed E-state index contributed by atoms with van der Waals surface area (Å²) in [5.41, 5.74) is 5.81. The molecule has 0 bridgehead atoms. The van der Waals surface area contributed by atoms with E-state index < -0.39 is 59.0 Å². The zero-order chi connectivity index (χ0) is 31.9. The molecule has 1 saturated heterocycles. The van der Waals surface area contributed by atoms with Crippen molar-refractivity contribution >= 4 is 57.9 Å². The van der Waals surface area contributed by atoms with Crippen molar-refractivity contribution in [2.45, 2.75) is 48.7 Å². The van der Waals surface area contributed by atoms with Gasteiger partial charge in [0.2, 0.25) is 27.7 Å². The van der Waals surface area contributed by atoms with Crippen LogP contribution in [0.15, 0.2) is 77.7 Å². The van der Waals surface area contributed by atoms with Crippen molar-refractivity contribution in [1.82, 2.24) is 14.9 Å². The molecule has 3 aromatic rings. The van der Waals surface area contributed by atoms with Gasteiger partial charge in [0, 0.05) is 18.7 Å². The van der Waals surface area contributed by atoms with Crippen LogP contribution in [0.2, 0.25) is 0 Å². The van der Waals surface area contributed by atoms with E-state index in [2.05, 4.69) is 10.0 Å². The highest BCUT2D eigenvalue weighted by molar-refractivity contribution is 8.04. The fourth-order valence-corrected chi connectivity index (χ4v) is 8.21. The predicted octanol–water partition coefficient (Wildman–Crippen LogP) is 1.95. The standard InChI is InChI=1S/C29H35N4O8PS2/c30-27(34)24(17-20-13-14-21-8-4-5-9-22(21)16-20)31-28(35)26-12-6-7-15-33(26)29(36)25(18-43-19-42(37,38)39)32-44(40,41)23-10-2-1-3-11-23/h1-5,8-11,13-14,16,24-26,32H,6-7,12,15,17-19H2,(H2,30,34)(H,31,35)(H2,37,38,39). The molecule has 3 unspecified atom stereocenters. The molecule has 3 aromatic carbocycles. The SMILES string of the molecule is NC(=O)C(Cc1ccc2ccccc2c1)NC(=O)C1CCCCN1C(=O)C(CSCP(=O)(O)O)NS(=O)(=O)c1ccccc1. The maximum Gasteiger partial charge on any atom is 0.335 e. The second-order valence-corrected chi connectivity index (χ2v) is 15.4. The predicted molar refractivity (Wildman–Crippen MR) is 168 cm³/mol. The van der Waals surface area contributed by atoms with Crippen molar-refractivity contribution in [3.05, 3.63) is 78.4 Å². The molecule has 0 spiro atoms. The number of rotatable bonds is 13. The van der Waals surface area contributed by atoms with E-state index in [1.54, 1.807) is 6.07 Å². The lowest BCUT2D eigenvalue weighted by atomic mass is 9.98. The zero-order valence-corrected chi connectivity index (χ0v) is 26.3. The molecule has 44 heavy (non-hydrogen) atoms. The molecule has 3 amide bonds. The van der Waals surface area contributed by atoms with Crippen LogP contribution in [0.3, 0.4) is 0 Å². The summed E-state index contributed by atoms with van der Waals surface area (Å²) in [4.78, 5) is 59.5. The summed E-state index contributed by atoms with van der Waals surface area (Å²) in [7, 11) is -8.63. The maximum absolute atomic E-state index is 13.8. The lowest BCUT2D eigenvalue weighted by Crippen LogP contribution is -2.60. The van der Waals surface area contributed by atoms with Crippen LogP contribution in [0.4, 0.5) is 0 Å². The molecule has 0 saturated carbocycles. The van der Waals surface area contributed by atoms with Gasteiger partial charge in [0.15, 0.2) is 0 Å². The number of nitrogens with zero attached hydrogens (tertiary/aromatic N) is 1. The van der Waals surface area contributed by atoms with Gasteiger partial charge in [0.1, 0.15) is 18.1 Å². The van der Waals surface area contributed by atoms with Gasteiger partial charge in [-0.25, -0.2) is 8.42 Å². The number of benzene rings is 3. The smallest absolute Gasteiger partial charge is 0.335 e. The Bertz CT molecular complexity index is 1650. The summed E-state index contributed by atoms with van der Waals surface area (Å²) in [5, 5.41) is 4.67. The summed E-state index contributed by atoms with van der Waals surface area (Å²) in [5.74, 6) is -2.35. The number of likely N-dealkylation sites (tertiary alicyclic amines) is 1. The third kappa shape index (κ3) is 9.13. The number of nitrogens with one attached hydrogen (secondary N) is 2. The molecular formula is C29H35N4O8PS2. The number of thioether (sulfide) groups is 1. The highest BCUT2D eigenvalue weighted by Crippen LogP contribution is 2.39. The van der Waals surface area contributed by atoms with E-state index in [-0.39, 0.29) is 30.0 Å². The van der Waals surface area contributed by atoms with Crippen molar-refractivity contribution in [3.8, 4) is 0 Å². The highest BCUT2D eigenvalue weighted by Gasteiger charge is 2.38. The minimum absolute atomic E-state index is 0.0938. The Labute approximate surface area is 260 Å². The van der Waals surface area contributed by atoms with Crippen LogP contribution in [-0.2, 0) is 35.4 Å². The Balaban J connectivity index is 1.53. The molecule has 1 heterocycles. The van der Waals surface area contributed by atoms with Crippen molar-refractivity contribution in [3.63, 3.8) is 0 Å². The quantitative estimate of drug-likeness (QED) is 0.170. The van der Waals surface area contributed by atoms with Crippen molar-refractivity contribution in [2.75, 3.05) is 17.8 Å². The van der Waals surface area contributed by atoms with Gasteiger partial charge in [-0.05, 0) is 47.7 Å². The molecule has 1 aliphatic heterocycles. The number of primary amides is 1. The summed E-state index contributed by atoms with van der Waals surface area (Å²) in [6.07, 6.45) is 1.57. The number of hydrogen-bond donors (Lipinski definition) is 5. The highest BCUT2D eigenvalue weighted by atomic mass is 32.2. The molecule has 1 aliphatic rings. The van der Waals surface area contributed by atoms with Crippen LogP contribution in [-0.4, -0.2) is 76.7 Å². The van der Waals surface area contributed by atoms with Gasteiger partial charge >= 0.3 is 7.60 Å². The molecule has 0 aliphatic carbocycles. The second-order valence-electron chi connectivity index (χ2n) is 10.5. The lowest BCUT2D eigenvalue weighted by molar-refractivity contribution is -0.143. The first kappa shape index (κ1) is 33.6. The lowest BCUT2D eigenvalue weighted by Gasteiger charge is -2.37. The third-order valence-corrected chi connectivity index (χ3v) is 11.3. The fourth-order valence-electron chi connectivity index (χ4n) is 5.06. The average Bonchev–Trinajstić information content (AvgIpc) is 2.99. The van der Waals surface area contributed by atoms with Gasteiger partial charge in [-0.15, -0.1) is 11.8 Å². The van der Waals surface area contributed by atoms with Crippen LogP contribution < -0.4 is 15.8 Å². The first-order chi connectivity index (χ1) is 20.8. The molecule has 3 atom stereocenters. The fraction of sp³-hybridized carbons (Fsp3) is 0.345. The summed E-state index contributed by atoms with van der Waals surface area (Å²) >= 11 is 0.723. The van der Waals surface area contributed by atoms with E-state index in [9.17, 15) is 37.2 Å². The van der Waals surface area contributed by atoms with Crippen LogP contribution in [0.1, 0.15) is 24.8 Å². The number of piperidine rings is 1. The van der Waals surface area contributed by atoms with Crippen LogP contribution in [0.5, 0.6) is 0 Å². The number of nitrogens with two attached hydrogens (primary N) is 1. The molecule has 1 fully saturated rings. The molecule has 0 radical (unpaired) electrons. The Morgan fingerprint density at radius 3 is 2.34 bits per heavy atom. The maximum atomic E-state index is 13.8. The van der Waals surface area contributed by atoms with Crippen LogP contribution in [0, 0.1) is 0 Å². The summed E-state index contributed by atoms with van der Waals surface area (Å²) in [6, 6.07) is 17.2. The molecule has 0 aromatic heterocycles. The Hall–Kier alpha value is -3.26. The van der Waals surface area contributed by atoms with Crippen LogP contribution >= 0.6 is 19.4 Å². The van der Waals surface area contributed by atoms with Gasteiger partial charge in [-0.2, -0.15) is 4.72 Å². The second kappa shape index (κ2) is 14.7. The van der Waals surface area contributed by atoms with Crippen molar-refractivity contribution in [2.24, 2.45) is 5.73 Å². The van der Waals surface area contributed by atoms with Crippen molar-refractivity contribution in [1.29, 1.82) is 0 Å². The van der Waals surface area contributed by atoms with E-state index in [0.29, 0.717) is 12.8 Å². The summed E-state index contributed by atoms with van der Waals surface area (Å²) < 4.78 is 40.0. The molecule has 12 nitrogen and oxygen atoms in total. The van der Waals surface area contributed by atoms with Gasteiger partial charge in [-0.1, -0.05) is 60.7 Å². The Kier molecular flexibility index (Phi) is 11.2. The van der Waals surface area contributed by atoms with Gasteiger partial charge < -0.3 is 25.7 Å². The Morgan fingerprint density at radius 1 is 0.977 bits per heavy atom.